The van der Waals surface area contributed by atoms with Crippen molar-refractivity contribution in [3.05, 3.63) is 37.5 Å². The third kappa shape index (κ3) is 4.17. The predicted octanol–water partition coefficient (Wildman–Crippen LogP) is 3.97. The molecule has 0 bridgehead atoms. The van der Waals surface area contributed by atoms with Gasteiger partial charge in [-0.1, -0.05) is 52.0 Å². The molecule has 0 N–H and O–H groups in total. The van der Waals surface area contributed by atoms with E-state index >= 15 is 0 Å². The molecule has 0 radical (unpaired) electrons. The van der Waals surface area contributed by atoms with Crippen molar-refractivity contribution in [1.29, 1.82) is 0 Å². The van der Waals surface area contributed by atoms with Gasteiger partial charge < -0.3 is 0 Å². The molecule has 0 fully saturated rings. The minimum atomic E-state index is 0.0836. The molecule has 0 nitrogen and oxygen atoms in total. The summed E-state index contributed by atoms with van der Waals surface area (Å²) in [6.45, 7) is 16.1. The van der Waals surface area contributed by atoms with Crippen LogP contribution in [0.15, 0.2) is 37.5 Å². The zero-order valence-electron chi connectivity index (χ0n) is 8.72. The topological polar surface area (TPSA) is 0 Å². The predicted molar refractivity (Wildman–Crippen MR) is 57.1 cm³/mol. The molecule has 0 saturated carbocycles. The van der Waals surface area contributed by atoms with Crippen LogP contribution in [-0.2, 0) is 0 Å². The van der Waals surface area contributed by atoms with Crippen molar-refractivity contribution in [2.75, 3.05) is 0 Å². The lowest BCUT2D eigenvalue weighted by Gasteiger charge is -2.19. The van der Waals surface area contributed by atoms with Gasteiger partial charge in [0.1, 0.15) is 0 Å². The van der Waals surface area contributed by atoms with E-state index in [9.17, 15) is 0 Å². The Morgan fingerprint density at radius 2 is 1.00 bits per heavy atom. The van der Waals surface area contributed by atoms with Crippen molar-refractivity contribution in [3.63, 3.8) is 0 Å². The van der Waals surface area contributed by atoms with Crippen LogP contribution in [0.3, 0.4) is 0 Å². The molecule has 68 valence electrons. The van der Waals surface area contributed by atoms with Crippen molar-refractivity contribution in [3.8, 4) is 0 Å². The normalized spacial score (nSPS) is 13.3. The number of rotatable bonds is 4. The van der Waals surface area contributed by atoms with E-state index in [2.05, 4.69) is 53.0 Å². The van der Waals surface area contributed by atoms with Crippen LogP contribution in [0.4, 0.5) is 0 Å². The summed E-state index contributed by atoms with van der Waals surface area (Å²) in [5.41, 5.74) is 0.167. The molecule has 0 atom stereocenters. The maximum atomic E-state index is 3.78. The van der Waals surface area contributed by atoms with E-state index in [-0.39, 0.29) is 10.8 Å². The molecule has 0 spiro atoms. The summed E-state index contributed by atoms with van der Waals surface area (Å²) in [6.07, 6.45) is 8.23. The summed E-state index contributed by atoms with van der Waals surface area (Å²) in [4.78, 5) is 0. The molecular weight excluding hydrogens is 144 g/mol. The molecule has 0 rings (SSSR count). The first kappa shape index (κ1) is 11.2. The molecule has 12 heavy (non-hydrogen) atoms. The lowest BCUT2D eigenvalue weighted by molar-refractivity contribution is 0.582. The molecule has 0 aromatic rings. The fourth-order valence-corrected chi connectivity index (χ4v) is 0.566. The first-order valence-corrected chi connectivity index (χ1v) is 4.30. The lowest BCUT2D eigenvalue weighted by Crippen LogP contribution is -2.06. The first-order chi connectivity index (χ1) is 5.33. The fraction of sp³-hybridized carbons (Fsp3) is 0.500. The van der Waals surface area contributed by atoms with Crippen LogP contribution < -0.4 is 0 Å². The van der Waals surface area contributed by atoms with Crippen molar-refractivity contribution in [2.45, 2.75) is 27.7 Å². The van der Waals surface area contributed by atoms with Crippen molar-refractivity contribution in [2.24, 2.45) is 10.8 Å². The number of hydrogen-bond donors (Lipinski definition) is 0. The molecular formula is C12H20. The highest BCUT2D eigenvalue weighted by Crippen LogP contribution is 2.24. The molecule has 0 aromatic heterocycles. The molecule has 0 aromatic carbocycles. The van der Waals surface area contributed by atoms with Gasteiger partial charge in [-0.05, 0) is 0 Å². The molecule has 0 amide bonds. The van der Waals surface area contributed by atoms with Gasteiger partial charge in [0.25, 0.3) is 0 Å². The van der Waals surface area contributed by atoms with Crippen LogP contribution in [-0.4, -0.2) is 0 Å². The summed E-state index contributed by atoms with van der Waals surface area (Å²) >= 11 is 0. The van der Waals surface area contributed by atoms with Crippen LogP contribution in [0.2, 0.25) is 0 Å². The van der Waals surface area contributed by atoms with Crippen molar-refractivity contribution in [1.82, 2.24) is 0 Å². The molecule has 0 aliphatic rings. The molecule has 0 unspecified atom stereocenters. The monoisotopic (exact) mass is 164 g/mol. The van der Waals surface area contributed by atoms with E-state index in [1.165, 1.54) is 0 Å². The molecule has 0 aliphatic carbocycles. The summed E-state index contributed by atoms with van der Waals surface area (Å²) in [7, 11) is 0. The Morgan fingerprint density at radius 3 is 1.17 bits per heavy atom. The Balaban J connectivity index is 4.43. The van der Waals surface area contributed by atoms with Crippen LogP contribution in [0, 0.1) is 10.8 Å². The summed E-state index contributed by atoms with van der Waals surface area (Å²) < 4.78 is 0. The average molecular weight is 164 g/mol. The maximum Gasteiger partial charge on any atom is 0.000204 e. The Kier molecular flexibility index (Phi) is 3.51. The summed E-state index contributed by atoms with van der Waals surface area (Å²) in [5, 5.41) is 0. The quantitative estimate of drug-likeness (QED) is 0.551. The van der Waals surface area contributed by atoms with E-state index in [1.54, 1.807) is 0 Å². The second kappa shape index (κ2) is 3.75. The highest BCUT2D eigenvalue weighted by molar-refractivity contribution is 5.11. The Bertz CT molecular complexity index is 170. The van der Waals surface area contributed by atoms with Crippen molar-refractivity contribution >= 4 is 0 Å². The largest absolute Gasteiger partial charge is 0.102 e. The Morgan fingerprint density at radius 1 is 0.750 bits per heavy atom. The van der Waals surface area contributed by atoms with Crippen LogP contribution in [0.1, 0.15) is 27.7 Å². The van der Waals surface area contributed by atoms with Crippen LogP contribution in [0.25, 0.3) is 0 Å². The summed E-state index contributed by atoms with van der Waals surface area (Å²) in [6, 6.07) is 0. The van der Waals surface area contributed by atoms with E-state index in [1.807, 2.05) is 12.2 Å². The molecule has 0 heteroatoms. The molecule has 0 saturated heterocycles. The average Bonchev–Trinajstić information content (AvgIpc) is 2.02. The second-order valence-corrected chi connectivity index (χ2v) is 4.38. The zero-order valence-corrected chi connectivity index (χ0v) is 8.72. The van der Waals surface area contributed by atoms with E-state index in [0.29, 0.717) is 0 Å². The number of hydrogen-bond acceptors (Lipinski definition) is 0. The first-order valence-electron chi connectivity index (χ1n) is 4.30. The molecule has 0 aliphatic heterocycles. The van der Waals surface area contributed by atoms with Gasteiger partial charge >= 0.3 is 0 Å². The van der Waals surface area contributed by atoms with E-state index in [4.69, 9.17) is 0 Å². The van der Waals surface area contributed by atoms with E-state index < -0.39 is 0 Å². The minimum absolute atomic E-state index is 0.0836. The van der Waals surface area contributed by atoms with E-state index in [0.717, 1.165) is 0 Å². The van der Waals surface area contributed by atoms with Gasteiger partial charge in [0, 0.05) is 10.8 Å². The van der Waals surface area contributed by atoms with Gasteiger partial charge in [-0.3, -0.25) is 0 Å². The minimum Gasteiger partial charge on any atom is -0.102 e. The van der Waals surface area contributed by atoms with Gasteiger partial charge in [0.15, 0.2) is 0 Å². The van der Waals surface area contributed by atoms with Gasteiger partial charge in [-0.15, -0.1) is 13.2 Å². The fourth-order valence-electron chi connectivity index (χ4n) is 0.566. The van der Waals surface area contributed by atoms with Crippen molar-refractivity contribution < 1.29 is 0 Å². The van der Waals surface area contributed by atoms with Gasteiger partial charge in [-0.25, -0.2) is 0 Å². The number of allylic oxidation sites excluding steroid dienone is 4. The van der Waals surface area contributed by atoms with Gasteiger partial charge in [-0.2, -0.15) is 0 Å². The molecule has 0 heterocycles. The second-order valence-electron chi connectivity index (χ2n) is 4.38. The highest BCUT2D eigenvalue weighted by Gasteiger charge is 2.12. The Labute approximate surface area is 76.7 Å². The Hall–Kier alpha value is -0.780. The zero-order chi connectivity index (χ0) is 9.83. The van der Waals surface area contributed by atoms with Gasteiger partial charge in [0.05, 0.1) is 0 Å². The lowest BCUT2D eigenvalue weighted by atomic mass is 9.86. The third-order valence-electron chi connectivity index (χ3n) is 1.99. The smallest absolute Gasteiger partial charge is 0.000204 e. The SMILES string of the molecule is C=CC(C)(C)C=CC(C)(C)C=C. The standard InChI is InChI=1S/C12H20/c1-7-11(3,4)9-10-12(5,6)8-2/h7-10H,1-2H2,3-6H3. The summed E-state index contributed by atoms with van der Waals surface area (Å²) in [5.74, 6) is 0. The van der Waals surface area contributed by atoms with Gasteiger partial charge in [0.2, 0.25) is 0 Å². The van der Waals surface area contributed by atoms with Crippen LogP contribution >= 0.6 is 0 Å². The van der Waals surface area contributed by atoms with Crippen LogP contribution in [0.5, 0.6) is 0 Å². The highest BCUT2D eigenvalue weighted by atomic mass is 14.2. The maximum absolute atomic E-state index is 3.78. The third-order valence-corrected chi connectivity index (χ3v) is 1.99.